The maximum atomic E-state index is 12.8. The molecular formula is C23H25ClN2O4S. The van der Waals surface area contributed by atoms with Gasteiger partial charge in [0.2, 0.25) is 5.06 Å². The molecule has 0 aliphatic heterocycles. The Morgan fingerprint density at radius 2 is 1.68 bits per heavy atom. The Balaban J connectivity index is 1.76. The van der Waals surface area contributed by atoms with Crippen LogP contribution in [0.4, 0.5) is 5.13 Å². The molecule has 1 aromatic heterocycles. The number of aromatic nitrogens is 1. The molecule has 0 aliphatic rings. The summed E-state index contributed by atoms with van der Waals surface area (Å²) in [5, 5.41) is 4.22. The predicted octanol–water partition coefficient (Wildman–Crippen LogP) is 6.72. The van der Waals surface area contributed by atoms with E-state index >= 15 is 0 Å². The van der Waals surface area contributed by atoms with Crippen LogP contribution in [0, 0.1) is 6.92 Å². The maximum Gasteiger partial charge on any atom is 0.257 e. The van der Waals surface area contributed by atoms with Crippen molar-refractivity contribution in [1.82, 2.24) is 4.98 Å². The van der Waals surface area contributed by atoms with Crippen LogP contribution in [0.2, 0.25) is 5.02 Å². The van der Waals surface area contributed by atoms with Gasteiger partial charge in [-0.15, -0.1) is 0 Å². The van der Waals surface area contributed by atoms with Crippen LogP contribution in [-0.2, 0) is 0 Å². The Morgan fingerprint density at radius 1 is 1.03 bits per heavy atom. The van der Waals surface area contributed by atoms with E-state index in [1.807, 2.05) is 46.8 Å². The molecule has 6 nitrogen and oxygen atoms in total. The van der Waals surface area contributed by atoms with Crippen molar-refractivity contribution < 1.29 is 19.0 Å². The summed E-state index contributed by atoms with van der Waals surface area (Å²) in [7, 11) is 0. The molecule has 0 unspecified atom stereocenters. The van der Waals surface area contributed by atoms with Crippen molar-refractivity contribution >= 4 is 34.0 Å². The summed E-state index contributed by atoms with van der Waals surface area (Å²) >= 11 is 7.39. The number of nitrogens with zero attached hydrogens (tertiary/aromatic N) is 1. The highest BCUT2D eigenvalue weighted by molar-refractivity contribution is 7.17. The van der Waals surface area contributed by atoms with Gasteiger partial charge in [0.25, 0.3) is 5.91 Å². The third-order valence-corrected chi connectivity index (χ3v) is 4.99. The van der Waals surface area contributed by atoms with Gasteiger partial charge < -0.3 is 14.2 Å². The van der Waals surface area contributed by atoms with Gasteiger partial charge in [-0.3, -0.25) is 10.1 Å². The van der Waals surface area contributed by atoms with Crippen LogP contribution in [0.15, 0.2) is 42.6 Å². The second-order valence-electron chi connectivity index (χ2n) is 7.50. The summed E-state index contributed by atoms with van der Waals surface area (Å²) in [6.45, 7) is 9.65. The zero-order chi connectivity index (χ0) is 22.5. The molecule has 0 saturated heterocycles. The van der Waals surface area contributed by atoms with Gasteiger partial charge >= 0.3 is 0 Å². The van der Waals surface area contributed by atoms with Crippen molar-refractivity contribution in [2.24, 2.45) is 0 Å². The first-order valence-electron chi connectivity index (χ1n) is 9.89. The van der Waals surface area contributed by atoms with Gasteiger partial charge in [-0.05, 0) is 64.4 Å². The number of aryl methyl sites for hydroxylation is 1. The highest BCUT2D eigenvalue weighted by atomic mass is 35.5. The lowest BCUT2D eigenvalue weighted by Crippen LogP contribution is -2.14. The Hall–Kier alpha value is -2.77. The van der Waals surface area contributed by atoms with Gasteiger partial charge in [0, 0.05) is 11.6 Å². The molecule has 0 bridgehead atoms. The van der Waals surface area contributed by atoms with Crippen LogP contribution in [0.1, 0.15) is 43.6 Å². The van der Waals surface area contributed by atoms with E-state index in [0.29, 0.717) is 38.0 Å². The minimum Gasteiger partial charge on any atom is -0.491 e. The van der Waals surface area contributed by atoms with Crippen molar-refractivity contribution in [3.8, 4) is 22.3 Å². The van der Waals surface area contributed by atoms with E-state index in [4.69, 9.17) is 25.8 Å². The first-order chi connectivity index (χ1) is 14.7. The molecular weight excluding hydrogens is 436 g/mol. The number of rotatable bonds is 8. The first kappa shape index (κ1) is 22.9. The predicted molar refractivity (Wildman–Crippen MR) is 124 cm³/mol. The van der Waals surface area contributed by atoms with E-state index in [1.54, 1.807) is 30.5 Å². The summed E-state index contributed by atoms with van der Waals surface area (Å²) in [5.74, 6) is 1.35. The van der Waals surface area contributed by atoms with Gasteiger partial charge in [-0.25, -0.2) is 4.98 Å². The number of amides is 1. The topological polar surface area (TPSA) is 69.7 Å². The second kappa shape index (κ2) is 10.0. The maximum absolute atomic E-state index is 12.8. The molecule has 1 N–H and O–H groups in total. The van der Waals surface area contributed by atoms with Crippen LogP contribution in [-0.4, -0.2) is 23.1 Å². The molecule has 31 heavy (non-hydrogen) atoms. The van der Waals surface area contributed by atoms with E-state index < -0.39 is 0 Å². The molecule has 3 aromatic rings. The van der Waals surface area contributed by atoms with Gasteiger partial charge in [0.1, 0.15) is 17.2 Å². The lowest BCUT2D eigenvalue weighted by atomic mass is 10.2. The molecule has 0 atom stereocenters. The summed E-state index contributed by atoms with van der Waals surface area (Å²) in [6.07, 6.45) is 1.49. The Morgan fingerprint density at radius 3 is 2.29 bits per heavy atom. The average Bonchev–Trinajstić information content (AvgIpc) is 3.10. The molecule has 1 heterocycles. The zero-order valence-electron chi connectivity index (χ0n) is 18.1. The molecule has 164 valence electrons. The standard InChI is InChI=1S/C23H25ClN2O4S/c1-13(2)28-17-9-16(10-18(11-17)29-14(3)4)22(27)26-23-25-12-21(31-23)30-20-8-15(5)6-7-19(20)24/h6-14H,1-5H3,(H,25,26,27). The van der Waals surface area contributed by atoms with Crippen LogP contribution in [0.25, 0.3) is 0 Å². The number of hydrogen-bond acceptors (Lipinski definition) is 6. The normalized spacial score (nSPS) is 11.0. The molecule has 0 fully saturated rings. The Labute approximate surface area is 191 Å². The van der Waals surface area contributed by atoms with Crippen molar-refractivity contribution in [3.63, 3.8) is 0 Å². The number of carbonyl (C=O) groups is 1. The Kier molecular flexibility index (Phi) is 7.41. The largest absolute Gasteiger partial charge is 0.491 e. The van der Waals surface area contributed by atoms with Gasteiger partial charge in [-0.1, -0.05) is 29.0 Å². The number of hydrogen-bond donors (Lipinski definition) is 1. The van der Waals surface area contributed by atoms with Gasteiger partial charge in [0.15, 0.2) is 5.13 Å². The highest BCUT2D eigenvalue weighted by Crippen LogP contribution is 2.35. The fraction of sp³-hybridized carbons (Fsp3) is 0.304. The van der Waals surface area contributed by atoms with Crippen molar-refractivity contribution in [2.45, 2.75) is 46.8 Å². The van der Waals surface area contributed by atoms with Crippen molar-refractivity contribution in [3.05, 3.63) is 58.7 Å². The fourth-order valence-electron chi connectivity index (χ4n) is 2.71. The number of ether oxygens (including phenoxy) is 3. The van der Waals surface area contributed by atoms with Crippen molar-refractivity contribution in [2.75, 3.05) is 5.32 Å². The van der Waals surface area contributed by atoms with E-state index in [0.717, 1.165) is 5.56 Å². The summed E-state index contributed by atoms with van der Waals surface area (Å²) in [4.78, 5) is 17.1. The molecule has 0 saturated carbocycles. The Bertz CT molecular complexity index is 1040. The van der Waals surface area contributed by atoms with Gasteiger partial charge in [0.05, 0.1) is 23.4 Å². The number of thiazole rings is 1. The van der Waals surface area contributed by atoms with Crippen LogP contribution < -0.4 is 19.5 Å². The minimum absolute atomic E-state index is 0.0303. The lowest BCUT2D eigenvalue weighted by molar-refractivity contribution is 0.102. The fourth-order valence-corrected chi connectivity index (χ4v) is 3.55. The molecule has 0 radical (unpaired) electrons. The molecule has 3 rings (SSSR count). The quantitative estimate of drug-likeness (QED) is 0.403. The third kappa shape index (κ3) is 6.60. The first-order valence-corrected chi connectivity index (χ1v) is 11.1. The number of benzene rings is 2. The van der Waals surface area contributed by atoms with Crippen LogP contribution in [0.3, 0.4) is 0 Å². The number of nitrogens with one attached hydrogen (secondary N) is 1. The lowest BCUT2D eigenvalue weighted by Gasteiger charge is -2.15. The number of carbonyl (C=O) groups excluding carboxylic acids is 1. The third-order valence-electron chi connectivity index (χ3n) is 3.89. The second-order valence-corrected chi connectivity index (χ2v) is 8.90. The molecule has 8 heteroatoms. The monoisotopic (exact) mass is 460 g/mol. The molecule has 1 amide bonds. The van der Waals surface area contributed by atoms with Crippen molar-refractivity contribution in [1.29, 1.82) is 0 Å². The number of anilines is 1. The highest BCUT2D eigenvalue weighted by Gasteiger charge is 2.15. The van der Waals surface area contributed by atoms with Crippen LogP contribution >= 0.6 is 22.9 Å². The van der Waals surface area contributed by atoms with E-state index in [-0.39, 0.29) is 18.1 Å². The van der Waals surface area contributed by atoms with Gasteiger partial charge in [-0.2, -0.15) is 0 Å². The van der Waals surface area contributed by atoms with E-state index in [1.165, 1.54) is 11.3 Å². The average molecular weight is 461 g/mol. The summed E-state index contributed by atoms with van der Waals surface area (Å²) < 4.78 is 17.3. The van der Waals surface area contributed by atoms with E-state index in [2.05, 4.69) is 10.3 Å². The summed E-state index contributed by atoms with van der Waals surface area (Å²) in [5.41, 5.74) is 1.44. The molecule has 0 spiro atoms. The zero-order valence-corrected chi connectivity index (χ0v) is 19.6. The minimum atomic E-state index is -0.322. The molecule has 2 aromatic carbocycles. The van der Waals surface area contributed by atoms with Crippen LogP contribution in [0.5, 0.6) is 22.3 Å². The SMILES string of the molecule is Cc1ccc(Cl)c(Oc2cnc(NC(=O)c3cc(OC(C)C)cc(OC(C)C)c3)s2)c1. The number of halogens is 1. The smallest absolute Gasteiger partial charge is 0.257 e. The summed E-state index contributed by atoms with van der Waals surface area (Å²) in [6, 6.07) is 10.7. The molecule has 0 aliphatic carbocycles. The van der Waals surface area contributed by atoms with E-state index in [9.17, 15) is 4.79 Å².